The highest BCUT2D eigenvalue weighted by Gasteiger charge is 2.07. The van der Waals surface area contributed by atoms with Crippen LogP contribution in [0.2, 0.25) is 5.02 Å². The Morgan fingerprint density at radius 1 is 1.39 bits per heavy atom. The molecule has 0 aliphatic heterocycles. The summed E-state index contributed by atoms with van der Waals surface area (Å²) in [7, 11) is 0. The van der Waals surface area contributed by atoms with Crippen LogP contribution in [0.1, 0.15) is 19.2 Å². The lowest BCUT2D eigenvalue weighted by Crippen LogP contribution is -1.96. The summed E-state index contributed by atoms with van der Waals surface area (Å²) in [6.07, 6.45) is 3.60. The predicted octanol–water partition coefficient (Wildman–Crippen LogP) is 4.39. The molecule has 0 unspecified atom stereocenters. The van der Waals surface area contributed by atoms with Crippen molar-refractivity contribution >= 4 is 39.3 Å². The predicted molar refractivity (Wildman–Crippen MR) is 77.1 cm³/mol. The van der Waals surface area contributed by atoms with Gasteiger partial charge in [-0.05, 0) is 46.2 Å². The van der Waals surface area contributed by atoms with Crippen molar-refractivity contribution in [3.05, 3.63) is 39.8 Å². The van der Waals surface area contributed by atoms with Gasteiger partial charge in [-0.3, -0.25) is 0 Å². The van der Waals surface area contributed by atoms with Gasteiger partial charge in [0.25, 0.3) is 0 Å². The number of aryl methyl sites for hydroxylation is 1. The van der Waals surface area contributed by atoms with Crippen molar-refractivity contribution in [2.45, 2.75) is 29.8 Å². The fourth-order valence-electron chi connectivity index (χ4n) is 1.37. The molecule has 2 heterocycles. The summed E-state index contributed by atoms with van der Waals surface area (Å²) in [4.78, 5) is 13.0. The Labute approximate surface area is 124 Å². The molecule has 94 valence electrons. The minimum Gasteiger partial charge on any atom is -0.248 e. The van der Waals surface area contributed by atoms with Crippen LogP contribution in [-0.2, 0) is 6.42 Å². The van der Waals surface area contributed by atoms with Crippen LogP contribution in [0.15, 0.2) is 39.1 Å². The third kappa shape index (κ3) is 3.67. The number of rotatable bonds is 4. The first-order valence-corrected chi connectivity index (χ1v) is 7.49. The van der Waals surface area contributed by atoms with E-state index in [-0.39, 0.29) is 0 Å². The van der Waals surface area contributed by atoms with Crippen molar-refractivity contribution in [3.63, 3.8) is 0 Å². The number of nitrogens with zero attached hydrogens (tertiary/aromatic N) is 3. The highest BCUT2D eigenvalue weighted by molar-refractivity contribution is 9.10. The van der Waals surface area contributed by atoms with Crippen LogP contribution in [0, 0.1) is 0 Å². The second-order valence-electron chi connectivity index (χ2n) is 3.59. The third-order valence-electron chi connectivity index (χ3n) is 2.12. The van der Waals surface area contributed by atoms with Crippen LogP contribution in [-0.4, -0.2) is 15.0 Å². The van der Waals surface area contributed by atoms with Gasteiger partial charge in [-0.25, -0.2) is 15.0 Å². The molecule has 2 aromatic heterocycles. The first-order valence-electron chi connectivity index (χ1n) is 5.51. The van der Waals surface area contributed by atoms with Gasteiger partial charge in [0.1, 0.15) is 20.5 Å². The molecule has 0 atom stereocenters. The van der Waals surface area contributed by atoms with Crippen LogP contribution in [0.5, 0.6) is 0 Å². The van der Waals surface area contributed by atoms with Gasteiger partial charge < -0.3 is 0 Å². The molecule has 3 nitrogen and oxygen atoms in total. The number of pyridine rings is 1. The molecule has 0 aromatic carbocycles. The molecule has 0 spiro atoms. The van der Waals surface area contributed by atoms with Gasteiger partial charge in [0.05, 0.1) is 5.02 Å². The van der Waals surface area contributed by atoms with Crippen molar-refractivity contribution in [3.8, 4) is 0 Å². The van der Waals surface area contributed by atoms with E-state index in [1.54, 1.807) is 6.20 Å². The minimum atomic E-state index is 0.634. The summed E-state index contributed by atoms with van der Waals surface area (Å²) < 4.78 is 0.788. The Morgan fingerprint density at radius 3 is 2.94 bits per heavy atom. The average molecular weight is 345 g/mol. The van der Waals surface area contributed by atoms with Gasteiger partial charge in [-0.15, -0.1) is 0 Å². The Balaban J connectivity index is 2.26. The fourth-order valence-corrected chi connectivity index (χ4v) is 2.98. The van der Waals surface area contributed by atoms with Gasteiger partial charge in [-0.2, -0.15) is 0 Å². The summed E-state index contributed by atoms with van der Waals surface area (Å²) in [5.74, 6) is 0.835. The van der Waals surface area contributed by atoms with Crippen molar-refractivity contribution < 1.29 is 0 Å². The standard InChI is InChI=1S/C12H11BrClN3S/c1-2-4-10-16-9(13)7-11(17-10)18-12-8(14)5-3-6-15-12/h3,5-7H,2,4H2,1H3. The molecule has 2 aromatic rings. The maximum absolute atomic E-state index is 6.08. The number of hydrogen-bond acceptors (Lipinski definition) is 4. The Morgan fingerprint density at radius 2 is 2.22 bits per heavy atom. The van der Waals surface area contributed by atoms with Gasteiger partial charge in [-0.1, -0.05) is 18.5 Å². The van der Waals surface area contributed by atoms with E-state index in [9.17, 15) is 0 Å². The molecular formula is C12H11BrClN3S. The molecule has 0 amide bonds. The molecule has 0 aliphatic carbocycles. The lowest BCUT2D eigenvalue weighted by molar-refractivity contribution is 0.802. The van der Waals surface area contributed by atoms with Crippen molar-refractivity contribution in [2.75, 3.05) is 0 Å². The summed E-state index contributed by atoms with van der Waals surface area (Å²) in [6.45, 7) is 2.10. The van der Waals surface area contributed by atoms with Crippen LogP contribution in [0.4, 0.5) is 0 Å². The second-order valence-corrected chi connectivity index (χ2v) is 5.82. The van der Waals surface area contributed by atoms with Crippen LogP contribution in [0.25, 0.3) is 0 Å². The molecule has 0 aliphatic rings. The van der Waals surface area contributed by atoms with E-state index in [0.29, 0.717) is 5.02 Å². The van der Waals surface area contributed by atoms with E-state index in [0.717, 1.165) is 33.3 Å². The molecule has 18 heavy (non-hydrogen) atoms. The lowest BCUT2D eigenvalue weighted by atomic mass is 10.3. The summed E-state index contributed by atoms with van der Waals surface area (Å²) >= 11 is 10.9. The monoisotopic (exact) mass is 343 g/mol. The van der Waals surface area contributed by atoms with Gasteiger partial charge in [0.2, 0.25) is 0 Å². The SMILES string of the molecule is CCCc1nc(Br)cc(Sc2ncccc2Cl)n1. The number of hydrogen-bond donors (Lipinski definition) is 0. The first-order chi connectivity index (χ1) is 8.69. The van der Waals surface area contributed by atoms with E-state index >= 15 is 0 Å². The second kappa shape index (κ2) is 6.50. The minimum absolute atomic E-state index is 0.634. The lowest BCUT2D eigenvalue weighted by Gasteiger charge is -2.04. The summed E-state index contributed by atoms with van der Waals surface area (Å²) in [6, 6.07) is 5.50. The highest BCUT2D eigenvalue weighted by Crippen LogP contribution is 2.30. The largest absolute Gasteiger partial charge is 0.248 e. The molecule has 0 N–H and O–H groups in total. The van der Waals surface area contributed by atoms with Crippen LogP contribution >= 0.6 is 39.3 Å². The highest BCUT2D eigenvalue weighted by atomic mass is 79.9. The Kier molecular flexibility index (Phi) is 4.97. The molecule has 0 saturated heterocycles. The quantitative estimate of drug-likeness (QED) is 0.771. The Hall–Kier alpha value is -0.650. The zero-order valence-corrected chi connectivity index (χ0v) is 12.9. The van der Waals surface area contributed by atoms with Gasteiger partial charge >= 0.3 is 0 Å². The molecule has 0 bridgehead atoms. The molecule has 2 rings (SSSR count). The van der Waals surface area contributed by atoms with E-state index < -0.39 is 0 Å². The van der Waals surface area contributed by atoms with Gasteiger partial charge in [0, 0.05) is 18.7 Å². The van der Waals surface area contributed by atoms with E-state index in [4.69, 9.17) is 11.6 Å². The number of aromatic nitrogens is 3. The van der Waals surface area contributed by atoms with Crippen molar-refractivity contribution in [1.29, 1.82) is 0 Å². The summed E-state index contributed by atoms with van der Waals surface area (Å²) in [5, 5.41) is 2.24. The van der Waals surface area contributed by atoms with E-state index in [1.807, 2.05) is 18.2 Å². The van der Waals surface area contributed by atoms with Crippen LogP contribution < -0.4 is 0 Å². The third-order valence-corrected chi connectivity index (χ3v) is 3.88. The topological polar surface area (TPSA) is 38.7 Å². The zero-order valence-electron chi connectivity index (χ0n) is 9.73. The smallest absolute Gasteiger partial charge is 0.130 e. The Bertz CT molecular complexity index is 551. The zero-order chi connectivity index (χ0) is 13.0. The average Bonchev–Trinajstić information content (AvgIpc) is 2.32. The molecule has 0 radical (unpaired) electrons. The van der Waals surface area contributed by atoms with E-state index in [1.165, 1.54) is 11.8 Å². The van der Waals surface area contributed by atoms with Crippen molar-refractivity contribution in [2.24, 2.45) is 0 Å². The normalized spacial score (nSPS) is 10.6. The van der Waals surface area contributed by atoms with Crippen molar-refractivity contribution in [1.82, 2.24) is 15.0 Å². The fraction of sp³-hybridized carbons (Fsp3) is 0.250. The molecule has 0 fully saturated rings. The van der Waals surface area contributed by atoms with Crippen LogP contribution in [0.3, 0.4) is 0 Å². The molecule has 6 heteroatoms. The molecular weight excluding hydrogens is 334 g/mol. The first kappa shape index (κ1) is 13.8. The van der Waals surface area contributed by atoms with Gasteiger partial charge in [0.15, 0.2) is 0 Å². The maximum atomic E-state index is 6.08. The maximum Gasteiger partial charge on any atom is 0.130 e. The summed E-state index contributed by atoms with van der Waals surface area (Å²) in [5.41, 5.74) is 0. The number of halogens is 2. The molecule has 0 saturated carbocycles. The van der Waals surface area contributed by atoms with E-state index in [2.05, 4.69) is 37.8 Å².